The van der Waals surface area contributed by atoms with Crippen LogP contribution in [0.15, 0.2) is 12.1 Å². The summed E-state index contributed by atoms with van der Waals surface area (Å²) in [5, 5.41) is 20.1. The topological polar surface area (TPSA) is 74.6 Å². The molecule has 1 aromatic rings. The van der Waals surface area contributed by atoms with E-state index in [0.717, 1.165) is 49.7 Å². The van der Waals surface area contributed by atoms with Crippen LogP contribution < -0.4 is 0 Å². The lowest BCUT2D eigenvalue weighted by atomic mass is 9.61. The summed E-state index contributed by atoms with van der Waals surface area (Å²) in [5.74, 6) is -0.731. The Labute approximate surface area is 181 Å². The smallest absolute Gasteiger partial charge is 0.335 e. The van der Waals surface area contributed by atoms with Gasteiger partial charge in [-0.05, 0) is 96.3 Å². The van der Waals surface area contributed by atoms with Crippen molar-refractivity contribution < 1.29 is 19.8 Å². The van der Waals surface area contributed by atoms with Gasteiger partial charge < -0.3 is 10.2 Å². The molecule has 4 atom stereocenters. The highest BCUT2D eigenvalue weighted by atomic mass is 16.4. The molecule has 0 bridgehead atoms. The highest BCUT2D eigenvalue weighted by Crippen LogP contribution is 2.52. The van der Waals surface area contributed by atoms with Gasteiger partial charge in [0.1, 0.15) is 0 Å². The summed E-state index contributed by atoms with van der Waals surface area (Å²) in [6.07, 6.45) is 5.89. The van der Waals surface area contributed by atoms with E-state index in [1.807, 2.05) is 0 Å². The summed E-state index contributed by atoms with van der Waals surface area (Å²) in [4.78, 5) is 24.5. The Morgan fingerprint density at radius 2 is 1.07 bits per heavy atom. The fraction of sp³-hybridized carbons (Fsp3) is 0.692. The van der Waals surface area contributed by atoms with Gasteiger partial charge in [0.05, 0.1) is 11.1 Å². The second-order valence-electron chi connectivity index (χ2n) is 11.8. The van der Waals surface area contributed by atoms with E-state index < -0.39 is 11.9 Å². The van der Waals surface area contributed by atoms with Crippen LogP contribution in [0.3, 0.4) is 0 Å². The first-order valence-corrected chi connectivity index (χ1v) is 11.4. The van der Waals surface area contributed by atoms with E-state index in [2.05, 4.69) is 41.5 Å². The molecule has 2 aliphatic rings. The largest absolute Gasteiger partial charge is 0.478 e. The lowest BCUT2D eigenvalue weighted by Gasteiger charge is -2.43. The van der Waals surface area contributed by atoms with E-state index in [0.29, 0.717) is 23.0 Å². The van der Waals surface area contributed by atoms with Crippen LogP contribution in [0.5, 0.6) is 0 Å². The molecular weight excluding hydrogens is 376 g/mol. The molecule has 166 valence electrons. The maximum absolute atomic E-state index is 12.3. The second kappa shape index (κ2) is 8.01. The van der Waals surface area contributed by atoms with Crippen molar-refractivity contribution in [3.05, 3.63) is 34.4 Å². The lowest BCUT2D eigenvalue weighted by molar-refractivity contribution is 0.0674. The molecule has 0 heterocycles. The van der Waals surface area contributed by atoms with Crippen molar-refractivity contribution in [2.45, 2.75) is 91.9 Å². The summed E-state index contributed by atoms with van der Waals surface area (Å²) in [6, 6.07) is 3.07. The molecule has 2 N–H and O–H groups in total. The molecule has 4 nitrogen and oxygen atoms in total. The Kier molecular flexibility index (Phi) is 6.10. The van der Waals surface area contributed by atoms with E-state index in [9.17, 15) is 19.8 Å². The molecule has 1 aromatic carbocycles. The average Bonchev–Trinajstić information content (AvgIpc) is 2.56. The first-order chi connectivity index (χ1) is 13.8. The van der Waals surface area contributed by atoms with E-state index in [1.165, 1.54) is 12.1 Å². The Balaban J connectivity index is 2.24. The van der Waals surface area contributed by atoms with Crippen molar-refractivity contribution in [1.29, 1.82) is 0 Å². The fourth-order valence-electron chi connectivity index (χ4n) is 7.02. The van der Waals surface area contributed by atoms with E-state index in [4.69, 9.17) is 0 Å². The van der Waals surface area contributed by atoms with Crippen molar-refractivity contribution in [2.75, 3.05) is 0 Å². The SMILES string of the molecule is C[C@H]1C[C@H](c2c(C(=O)O)ccc(C(=O)O)c2[C@H]2C[C@H](C)CC(C)(C)C2)CC(C)(C)C1. The normalized spacial score (nSPS) is 30.6. The van der Waals surface area contributed by atoms with Gasteiger partial charge in [0.25, 0.3) is 0 Å². The van der Waals surface area contributed by atoms with Crippen molar-refractivity contribution in [3.8, 4) is 0 Å². The molecule has 0 aliphatic heterocycles. The minimum Gasteiger partial charge on any atom is -0.478 e. The van der Waals surface area contributed by atoms with Gasteiger partial charge in [0.2, 0.25) is 0 Å². The third-order valence-electron chi connectivity index (χ3n) is 7.34. The first-order valence-electron chi connectivity index (χ1n) is 11.4. The van der Waals surface area contributed by atoms with E-state index in [-0.39, 0.29) is 22.7 Å². The fourth-order valence-corrected chi connectivity index (χ4v) is 7.02. The molecule has 0 saturated heterocycles. The molecule has 2 aliphatic carbocycles. The number of rotatable bonds is 4. The highest BCUT2D eigenvalue weighted by molar-refractivity contribution is 5.95. The van der Waals surface area contributed by atoms with Gasteiger partial charge in [-0.25, -0.2) is 9.59 Å². The predicted octanol–water partition coefficient (Wildman–Crippen LogP) is 6.94. The Morgan fingerprint density at radius 1 is 0.733 bits per heavy atom. The zero-order chi connectivity index (χ0) is 22.4. The number of carboxylic acid groups (broad SMARTS) is 2. The highest BCUT2D eigenvalue weighted by Gasteiger charge is 2.40. The van der Waals surface area contributed by atoms with Crippen LogP contribution in [0.4, 0.5) is 0 Å². The number of aromatic carboxylic acids is 2. The molecule has 0 aromatic heterocycles. The van der Waals surface area contributed by atoms with Crippen molar-refractivity contribution in [3.63, 3.8) is 0 Å². The predicted molar refractivity (Wildman–Crippen MR) is 119 cm³/mol. The third kappa shape index (κ3) is 4.73. The summed E-state index contributed by atoms with van der Waals surface area (Å²) >= 11 is 0. The summed E-state index contributed by atoms with van der Waals surface area (Å²) in [6.45, 7) is 13.5. The molecular formula is C26H38O4. The van der Waals surface area contributed by atoms with Crippen molar-refractivity contribution >= 4 is 11.9 Å². The number of hydrogen-bond acceptors (Lipinski definition) is 2. The lowest BCUT2D eigenvalue weighted by Crippen LogP contribution is -2.31. The summed E-state index contributed by atoms with van der Waals surface area (Å²) in [7, 11) is 0. The van der Waals surface area contributed by atoms with Crippen LogP contribution >= 0.6 is 0 Å². The van der Waals surface area contributed by atoms with E-state index >= 15 is 0 Å². The second-order valence-corrected chi connectivity index (χ2v) is 11.8. The molecule has 30 heavy (non-hydrogen) atoms. The Bertz CT molecular complexity index is 767. The van der Waals surface area contributed by atoms with Crippen LogP contribution in [-0.4, -0.2) is 22.2 Å². The van der Waals surface area contributed by atoms with Crippen LogP contribution in [0, 0.1) is 22.7 Å². The standard InChI is InChI=1S/C26H38O4/c1-15-9-17(13-25(3,4)11-15)21-19(23(27)28)7-8-20(24(29)30)22(21)18-10-16(2)12-26(5,6)14-18/h7-8,15-18H,9-14H2,1-6H3,(H,27,28)(H,29,30)/t15-,16-,17-,18-/m0/s1. The molecule has 0 amide bonds. The third-order valence-corrected chi connectivity index (χ3v) is 7.34. The molecule has 0 unspecified atom stereocenters. The molecule has 0 spiro atoms. The Morgan fingerprint density at radius 3 is 1.33 bits per heavy atom. The zero-order valence-corrected chi connectivity index (χ0v) is 19.4. The number of benzene rings is 1. The minimum atomic E-state index is -0.942. The number of hydrogen-bond donors (Lipinski definition) is 2. The molecule has 2 saturated carbocycles. The maximum atomic E-state index is 12.3. The van der Waals surface area contributed by atoms with Gasteiger partial charge in [-0.2, -0.15) is 0 Å². The minimum absolute atomic E-state index is 0.0875. The average molecular weight is 415 g/mol. The maximum Gasteiger partial charge on any atom is 0.335 e. The molecule has 0 radical (unpaired) electrons. The van der Waals surface area contributed by atoms with Crippen LogP contribution in [0.2, 0.25) is 0 Å². The molecule has 4 heteroatoms. The molecule has 2 fully saturated rings. The Hall–Kier alpha value is -1.84. The monoisotopic (exact) mass is 414 g/mol. The van der Waals surface area contributed by atoms with Crippen LogP contribution in [-0.2, 0) is 0 Å². The van der Waals surface area contributed by atoms with Crippen LogP contribution in [0.25, 0.3) is 0 Å². The summed E-state index contributed by atoms with van der Waals surface area (Å²) in [5.41, 5.74) is 2.48. The van der Waals surface area contributed by atoms with Crippen LogP contribution in [0.1, 0.15) is 124 Å². The van der Waals surface area contributed by atoms with Gasteiger partial charge in [-0.15, -0.1) is 0 Å². The summed E-state index contributed by atoms with van der Waals surface area (Å²) < 4.78 is 0. The first kappa shape index (κ1) is 22.8. The van der Waals surface area contributed by atoms with Gasteiger partial charge in [0.15, 0.2) is 0 Å². The molecule has 3 rings (SSSR count). The van der Waals surface area contributed by atoms with Gasteiger partial charge in [0, 0.05) is 0 Å². The number of carbonyl (C=O) groups is 2. The number of carboxylic acids is 2. The van der Waals surface area contributed by atoms with Gasteiger partial charge in [-0.3, -0.25) is 0 Å². The zero-order valence-electron chi connectivity index (χ0n) is 19.4. The van der Waals surface area contributed by atoms with Crippen molar-refractivity contribution in [2.24, 2.45) is 22.7 Å². The van der Waals surface area contributed by atoms with Gasteiger partial charge in [-0.1, -0.05) is 41.5 Å². The van der Waals surface area contributed by atoms with Crippen molar-refractivity contribution in [1.82, 2.24) is 0 Å². The quantitative estimate of drug-likeness (QED) is 0.559. The van der Waals surface area contributed by atoms with E-state index in [1.54, 1.807) is 0 Å². The van der Waals surface area contributed by atoms with Gasteiger partial charge >= 0.3 is 11.9 Å².